The van der Waals surface area contributed by atoms with Crippen LogP contribution in [0.3, 0.4) is 0 Å². The molecule has 0 saturated carbocycles. The van der Waals surface area contributed by atoms with Crippen LogP contribution in [0.25, 0.3) is 0 Å². The van der Waals surface area contributed by atoms with Crippen LogP contribution < -0.4 is 10.6 Å². The maximum absolute atomic E-state index is 11.6. The van der Waals surface area contributed by atoms with E-state index in [1.54, 1.807) is 14.1 Å². The second-order valence-corrected chi connectivity index (χ2v) is 3.65. The van der Waals surface area contributed by atoms with E-state index < -0.39 is 18.0 Å². The lowest BCUT2D eigenvalue weighted by molar-refractivity contribution is -0.139. The molecule has 0 aromatic carbocycles. The van der Waals surface area contributed by atoms with Crippen LogP contribution in [0.4, 0.5) is 4.79 Å². The molecular weight excluding hydrogens is 226 g/mol. The number of methoxy groups -OCH3 is 1. The van der Waals surface area contributed by atoms with E-state index in [2.05, 4.69) is 10.6 Å². The first-order chi connectivity index (χ1) is 8.02. The van der Waals surface area contributed by atoms with Gasteiger partial charge in [-0.15, -0.1) is 0 Å². The summed E-state index contributed by atoms with van der Waals surface area (Å²) in [5.74, 6) is -1.06. The monoisotopic (exact) mass is 247 g/mol. The second-order valence-electron chi connectivity index (χ2n) is 3.65. The molecule has 1 atom stereocenters. The Balaban J connectivity index is 4.15. The van der Waals surface area contributed by atoms with Crippen LogP contribution in [-0.4, -0.2) is 69.0 Å². The first-order valence-electron chi connectivity index (χ1n) is 5.40. The van der Waals surface area contributed by atoms with E-state index in [-0.39, 0.29) is 13.0 Å². The van der Waals surface area contributed by atoms with Crippen LogP contribution in [0.15, 0.2) is 0 Å². The zero-order valence-corrected chi connectivity index (χ0v) is 10.5. The van der Waals surface area contributed by atoms with Gasteiger partial charge in [0.25, 0.3) is 0 Å². The number of carbonyl (C=O) groups excluding carboxylic acids is 1. The molecule has 100 valence electrons. The highest BCUT2D eigenvalue weighted by Crippen LogP contribution is 1.95. The van der Waals surface area contributed by atoms with Crippen LogP contribution in [0.5, 0.6) is 0 Å². The average Bonchev–Trinajstić information content (AvgIpc) is 2.30. The molecule has 3 N–H and O–H groups in total. The maximum Gasteiger partial charge on any atom is 0.326 e. The maximum atomic E-state index is 11.6. The van der Waals surface area contributed by atoms with Crippen LogP contribution in [0.1, 0.15) is 6.42 Å². The predicted octanol–water partition coefficient (Wildman–Crippen LogP) is -0.663. The molecule has 1 unspecified atom stereocenters. The van der Waals surface area contributed by atoms with E-state index in [1.807, 2.05) is 0 Å². The van der Waals surface area contributed by atoms with Gasteiger partial charge >= 0.3 is 12.0 Å². The molecule has 0 aliphatic carbocycles. The number of hydrogen-bond acceptors (Lipinski definition) is 4. The number of nitrogens with one attached hydrogen (secondary N) is 2. The Hall–Kier alpha value is -1.34. The molecule has 0 aliphatic rings. The van der Waals surface area contributed by atoms with E-state index in [0.717, 1.165) is 0 Å². The Morgan fingerprint density at radius 1 is 1.47 bits per heavy atom. The summed E-state index contributed by atoms with van der Waals surface area (Å²) in [6, 6.07) is -1.32. The van der Waals surface area contributed by atoms with Crippen LogP contribution in [0, 0.1) is 0 Å². The molecule has 0 rings (SSSR count). The van der Waals surface area contributed by atoms with Gasteiger partial charge in [-0.1, -0.05) is 0 Å². The van der Waals surface area contributed by atoms with E-state index >= 15 is 0 Å². The first-order valence-corrected chi connectivity index (χ1v) is 5.40. The number of carboxylic acids is 1. The highest BCUT2D eigenvalue weighted by molar-refractivity contribution is 5.82. The molecule has 0 aromatic heterocycles. The summed E-state index contributed by atoms with van der Waals surface area (Å²) in [6.45, 7) is 1.45. The fourth-order valence-corrected chi connectivity index (χ4v) is 1.13. The molecule has 7 heteroatoms. The minimum absolute atomic E-state index is 0.247. The predicted molar refractivity (Wildman–Crippen MR) is 63.0 cm³/mol. The first kappa shape index (κ1) is 15.7. The Bertz CT molecular complexity index is 248. The molecule has 0 spiro atoms. The van der Waals surface area contributed by atoms with E-state index in [9.17, 15) is 9.59 Å². The van der Waals surface area contributed by atoms with Gasteiger partial charge in [-0.3, -0.25) is 0 Å². The Kier molecular flexibility index (Phi) is 8.08. The lowest BCUT2D eigenvalue weighted by Crippen LogP contribution is -2.48. The largest absolute Gasteiger partial charge is 0.480 e. The molecule has 2 amide bonds. The van der Waals surface area contributed by atoms with Crippen molar-refractivity contribution in [1.82, 2.24) is 15.5 Å². The number of likely N-dealkylation sites (N-methyl/N-ethyl adjacent to an activating group) is 2. The number of rotatable bonds is 8. The average molecular weight is 247 g/mol. The summed E-state index contributed by atoms with van der Waals surface area (Å²) in [7, 11) is 4.88. The number of hydrogen-bond donors (Lipinski definition) is 3. The van der Waals surface area contributed by atoms with Crippen molar-refractivity contribution >= 4 is 12.0 Å². The van der Waals surface area contributed by atoms with E-state index in [4.69, 9.17) is 9.84 Å². The van der Waals surface area contributed by atoms with Gasteiger partial charge < -0.3 is 25.4 Å². The fraction of sp³-hybridized carbons (Fsp3) is 0.800. The van der Waals surface area contributed by atoms with Crippen molar-refractivity contribution in [2.24, 2.45) is 0 Å². The second kappa shape index (κ2) is 8.77. The van der Waals surface area contributed by atoms with Gasteiger partial charge in [0.15, 0.2) is 0 Å². The smallest absolute Gasteiger partial charge is 0.326 e. The van der Waals surface area contributed by atoms with E-state index in [1.165, 1.54) is 12.0 Å². The van der Waals surface area contributed by atoms with Gasteiger partial charge in [-0.05, 0) is 7.05 Å². The van der Waals surface area contributed by atoms with Gasteiger partial charge in [-0.2, -0.15) is 0 Å². The molecule has 0 radical (unpaired) electrons. The number of nitrogens with zero attached hydrogens (tertiary/aromatic N) is 1. The van der Waals surface area contributed by atoms with Crippen molar-refractivity contribution in [1.29, 1.82) is 0 Å². The van der Waals surface area contributed by atoms with Crippen molar-refractivity contribution in [3.63, 3.8) is 0 Å². The Morgan fingerprint density at radius 2 is 2.12 bits per heavy atom. The third kappa shape index (κ3) is 6.75. The summed E-state index contributed by atoms with van der Waals surface area (Å²) in [4.78, 5) is 23.9. The van der Waals surface area contributed by atoms with Crippen molar-refractivity contribution in [3.8, 4) is 0 Å². The van der Waals surface area contributed by atoms with Crippen LogP contribution >= 0.6 is 0 Å². The molecule has 0 saturated heterocycles. The molecule has 0 fully saturated rings. The van der Waals surface area contributed by atoms with Crippen molar-refractivity contribution in [3.05, 3.63) is 0 Å². The molecule has 0 heterocycles. The number of carbonyl (C=O) groups is 2. The normalized spacial score (nSPS) is 11.9. The molecule has 0 aliphatic heterocycles. The number of aliphatic carboxylic acids is 1. The highest BCUT2D eigenvalue weighted by Gasteiger charge is 2.21. The molecule has 0 aromatic rings. The minimum atomic E-state index is -1.06. The Labute approximate surface area is 101 Å². The summed E-state index contributed by atoms with van der Waals surface area (Å²) in [5, 5.41) is 14.3. The zero-order chi connectivity index (χ0) is 13.3. The molecular formula is C10H21N3O4. The zero-order valence-electron chi connectivity index (χ0n) is 10.5. The Morgan fingerprint density at radius 3 is 2.59 bits per heavy atom. The highest BCUT2D eigenvalue weighted by atomic mass is 16.5. The number of amides is 2. The van der Waals surface area contributed by atoms with Crippen LogP contribution in [0.2, 0.25) is 0 Å². The lowest BCUT2D eigenvalue weighted by Gasteiger charge is -2.21. The SMILES string of the molecule is CNCCN(C)C(=O)NC(CCOC)C(=O)O. The molecule has 0 bridgehead atoms. The topological polar surface area (TPSA) is 90.9 Å². The van der Waals surface area contributed by atoms with Gasteiger partial charge in [0.1, 0.15) is 6.04 Å². The number of urea groups is 1. The fourth-order valence-electron chi connectivity index (χ4n) is 1.13. The van der Waals surface area contributed by atoms with Gasteiger partial charge in [0, 0.05) is 40.3 Å². The van der Waals surface area contributed by atoms with Gasteiger partial charge in [-0.25, -0.2) is 9.59 Å². The summed E-state index contributed by atoms with van der Waals surface area (Å²) in [5.41, 5.74) is 0. The molecule has 17 heavy (non-hydrogen) atoms. The molecule has 7 nitrogen and oxygen atoms in total. The standard InChI is InChI=1S/C10H21N3O4/c1-11-5-6-13(2)10(16)12-8(9(14)15)4-7-17-3/h8,11H,4-7H2,1-3H3,(H,12,16)(H,14,15). The van der Waals surface area contributed by atoms with Crippen molar-refractivity contribution in [2.75, 3.05) is 40.9 Å². The van der Waals surface area contributed by atoms with Crippen LogP contribution in [-0.2, 0) is 9.53 Å². The minimum Gasteiger partial charge on any atom is -0.480 e. The summed E-state index contributed by atoms with van der Waals surface area (Å²) < 4.78 is 4.79. The number of ether oxygens (including phenoxy) is 1. The van der Waals surface area contributed by atoms with Crippen molar-refractivity contribution in [2.45, 2.75) is 12.5 Å². The van der Waals surface area contributed by atoms with Crippen molar-refractivity contribution < 1.29 is 19.4 Å². The van der Waals surface area contributed by atoms with Gasteiger partial charge in [0.05, 0.1) is 0 Å². The third-order valence-corrected chi connectivity index (χ3v) is 2.25. The third-order valence-electron chi connectivity index (χ3n) is 2.25. The number of carboxylic acid groups (broad SMARTS) is 1. The van der Waals surface area contributed by atoms with Gasteiger partial charge in [0.2, 0.25) is 0 Å². The lowest BCUT2D eigenvalue weighted by atomic mass is 10.2. The summed E-state index contributed by atoms with van der Waals surface area (Å²) >= 11 is 0. The quantitative estimate of drug-likeness (QED) is 0.529. The summed E-state index contributed by atoms with van der Waals surface area (Å²) in [6.07, 6.45) is 0.247. The van der Waals surface area contributed by atoms with E-state index in [0.29, 0.717) is 13.1 Å².